The third-order valence-corrected chi connectivity index (χ3v) is 3.30. The van der Waals surface area contributed by atoms with Gasteiger partial charge in [-0.2, -0.15) is 0 Å². The Hall–Kier alpha value is -1.59. The van der Waals surface area contributed by atoms with E-state index in [4.69, 9.17) is 11.6 Å². The lowest BCUT2D eigenvalue weighted by molar-refractivity contribution is -0.141. The number of carbonyl (C=O) groups is 2. The number of carbonyl (C=O) groups excluding carboxylic acids is 2. The van der Waals surface area contributed by atoms with Gasteiger partial charge in [-0.05, 0) is 17.7 Å². The van der Waals surface area contributed by atoms with E-state index in [1.807, 2.05) is 12.1 Å². The Balaban J connectivity index is 2.08. The number of nitrogens with one attached hydrogen (secondary N) is 1. The van der Waals surface area contributed by atoms with Crippen LogP contribution in [0.1, 0.15) is 18.2 Å². The number of halogens is 1. The second kappa shape index (κ2) is 6.04. The minimum atomic E-state index is -0.324. The molecule has 1 amide bonds. The molecule has 1 aliphatic rings. The van der Waals surface area contributed by atoms with Crippen molar-refractivity contribution in [3.05, 3.63) is 34.9 Å². The summed E-state index contributed by atoms with van der Waals surface area (Å²) in [4.78, 5) is 24.6. The van der Waals surface area contributed by atoms with Crippen molar-refractivity contribution < 1.29 is 14.3 Å². The van der Waals surface area contributed by atoms with E-state index in [1.54, 1.807) is 17.0 Å². The van der Waals surface area contributed by atoms with Crippen molar-refractivity contribution in [2.45, 2.75) is 12.6 Å². The zero-order chi connectivity index (χ0) is 13.8. The lowest BCUT2D eigenvalue weighted by atomic mass is 10.1. The van der Waals surface area contributed by atoms with Gasteiger partial charge in [0.2, 0.25) is 5.91 Å². The summed E-state index contributed by atoms with van der Waals surface area (Å²) in [5.74, 6) is -0.349. The molecule has 1 N–H and O–H groups in total. The zero-order valence-corrected chi connectivity index (χ0v) is 11.3. The molecule has 0 aromatic heterocycles. The van der Waals surface area contributed by atoms with Crippen molar-refractivity contribution in [2.75, 3.05) is 20.2 Å². The van der Waals surface area contributed by atoms with E-state index in [0.29, 0.717) is 11.6 Å². The van der Waals surface area contributed by atoms with E-state index in [1.165, 1.54) is 7.11 Å². The van der Waals surface area contributed by atoms with Crippen LogP contribution in [0, 0.1) is 0 Å². The van der Waals surface area contributed by atoms with E-state index >= 15 is 0 Å². The SMILES string of the molecule is COC(=O)CCN1C(=O)CNC1c1ccc(Cl)cc1. The molecule has 0 radical (unpaired) electrons. The summed E-state index contributed by atoms with van der Waals surface area (Å²) >= 11 is 5.84. The topological polar surface area (TPSA) is 58.6 Å². The maximum Gasteiger partial charge on any atom is 0.307 e. The number of ether oxygens (including phenoxy) is 1. The second-order valence-corrected chi connectivity index (χ2v) is 4.68. The van der Waals surface area contributed by atoms with Crippen LogP contribution in [0.5, 0.6) is 0 Å². The predicted octanol–water partition coefficient (Wildman–Crippen LogP) is 1.33. The number of rotatable bonds is 4. The fourth-order valence-electron chi connectivity index (χ4n) is 2.05. The first kappa shape index (κ1) is 13.8. The normalized spacial score (nSPS) is 18.7. The van der Waals surface area contributed by atoms with Crippen molar-refractivity contribution in [1.82, 2.24) is 10.2 Å². The number of methoxy groups -OCH3 is 1. The van der Waals surface area contributed by atoms with Crippen LogP contribution < -0.4 is 5.32 Å². The van der Waals surface area contributed by atoms with Gasteiger partial charge in [0, 0.05) is 11.6 Å². The van der Waals surface area contributed by atoms with E-state index in [-0.39, 0.29) is 31.0 Å². The van der Waals surface area contributed by atoms with Gasteiger partial charge in [-0.1, -0.05) is 23.7 Å². The molecule has 0 aliphatic carbocycles. The molecule has 1 unspecified atom stereocenters. The van der Waals surface area contributed by atoms with Gasteiger partial charge in [0.25, 0.3) is 0 Å². The standard InChI is InChI=1S/C13H15ClN2O3/c1-19-12(18)6-7-16-11(17)8-15-13(16)9-2-4-10(14)5-3-9/h2-5,13,15H,6-8H2,1H3. The molecule has 102 valence electrons. The largest absolute Gasteiger partial charge is 0.469 e. The molecule has 1 atom stereocenters. The Morgan fingerprint density at radius 2 is 2.16 bits per heavy atom. The van der Waals surface area contributed by atoms with Crippen LogP contribution in [-0.4, -0.2) is 37.0 Å². The third kappa shape index (κ3) is 3.24. The van der Waals surface area contributed by atoms with Crippen LogP contribution in [0.4, 0.5) is 0 Å². The van der Waals surface area contributed by atoms with Crippen LogP contribution >= 0.6 is 11.6 Å². The number of benzene rings is 1. The number of esters is 1. The summed E-state index contributed by atoms with van der Waals surface area (Å²) in [5.41, 5.74) is 0.945. The van der Waals surface area contributed by atoms with Gasteiger partial charge in [-0.15, -0.1) is 0 Å². The first-order valence-electron chi connectivity index (χ1n) is 5.97. The second-order valence-electron chi connectivity index (χ2n) is 4.25. The Morgan fingerprint density at radius 3 is 2.79 bits per heavy atom. The highest BCUT2D eigenvalue weighted by atomic mass is 35.5. The lowest BCUT2D eigenvalue weighted by Gasteiger charge is -2.24. The van der Waals surface area contributed by atoms with E-state index in [0.717, 1.165) is 5.56 Å². The summed E-state index contributed by atoms with van der Waals surface area (Å²) in [6.45, 7) is 0.611. The van der Waals surface area contributed by atoms with E-state index in [2.05, 4.69) is 10.1 Å². The molecule has 0 saturated carbocycles. The highest BCUT2D eigenvalue weighted by Crippen LogP contribution is 2.23. The van der Waals surface area contributed by atoms with E-state index in [9.17, 15) is 9.59 Å². The molecule has 1 saturated heterocycles. The van der Waals surface area contributed by atoms with Crippen LogP contribution in [0.15, 0.2) is 24.3 Å². The summed E-state index contributed by atoms with van der Waals surface area (Å²) in [6.07, 6.45) is -0.0250. The molecule has 6 heteroatoms. The van der Waals surface area contributed by atoms with Crippen LogP contribution in [0.25, 0.3) is 0 Å². The van der Waals surface area contributed by atoms with Crippen molar-refractivity contribution in [3.63, 3.8) is 0 Å². The number of amides is 1. The average Bonchev–Trinajstić information content (AvgIpc) is 2.78. The van der Waals surface area contributed by atoms with Crippen molar-refractivity contribution in [2.24, 2.45) is 0 Å². The molecule has 1 aromatic carbocycles. The molecule has 5 nitrogen and oxygen atoms in total. The third-order valence-electron chi connectivity index (χ3n) is 3.05. The molecule has 0 spiro atoms. The minimum absolute atomic E-state index is 0.0242. The maximum absolute atomic E-state index is 11.8. The predicted molar refractivity (Wildman–Crippen MR) is 70.5 cm³/mol. The molecule has 1 heterocycles. The Kier molecular flexibility index (Phi) is 4.39. The molecule has 1 aromatic rings. The summed E-state index contributed by atoms with van der Waals surface area (Å²) in [6, 6.07) is 7.28. The Morgan fingerprint density at radius 1 is 1.47 bits per heavy atom. The van der Waals surface area contributed by atoms with Gasteiger partial charge in [0.15, 0.2) is 0 Å². The van der Waals surface area contributed by atoms with Gasteiger partial charge < -0.3 is 9.64 Å². The van der Waals surface area contributed by atoms with Gasteiger partial charge in [0.05, 0.1) is 20.1 Å². The molecule has 2 rings (SSSR count). The highest BCUT2D eigenvalue weighted by molar-refractivity contribution is 6.30. The smallest absolute Gasteiger partial charge is 0.307 e. The van der Waals surface area contributed by atoms with Crippen molar-refractivity contribution in [3.8, 4) is 0 Å². The molecular formula is C13H15ClN2O3. The van der Waals surface area contributed by atoms with Crippen LogP contribution in [-0.2, 0) is 14.3 Å². The summed E-state index contributed by atoms with van der Waals surface area (Å²) < 4.78 is 4.59. The minimum Gasteiger partial charge on any atom is -0.469 e. The fourth-order valence-corrected chi connectivity index (χ4v) is 2.18. The first-order chi connectivity index (χ1) is 9.11. The number of hydrogen-bond donors (Lipinski definition) is 1. The lowest BCUT2D eigenvalue weighted by Crippen LogP contribution is -2.32. The summed E-state index contributed by atoms with van der Waals surface area (Å²) in [7, 11) is 1.34. The molecule has 0 bridgehead atoms. The summed E-state index contributed by atoms with van der Waals surface area (Å²) in [5, 5.41) is 3.76. The van der Waals surface area contributed by atoms with Gasteiger partial charge in [-0.25, -0.2) is 0 Å². The fraction of sp³-hybridized carbons (Fsp3) is 0.385. The average molecular weight is 283 g/mol. The van der Waals surface area contributed by atoms with Crippen LogP contribution in [0.3, 0.4) is 0 Å². The van der Waals surface area contributed by atoms with Crippen molar-refractivity contribution in [1.29, 1.82) is 0 Å². The molecule has 1 aliphatic heterocycles. The maximum atomic E-state index is 11.8. The monoisotopic (exact) mass is 282 g/mol. The number of nitrogens with zero attached hydrogens (tertiary/aromatic N) is 1. The van der Waals surface area contributed by atoms with Gasteiger partial charge >= 0.3 is 5.97 Å². The number of hydrogen-bond acceptors (Lipinski definition) is 4. The first-order valence-corrected chi connectivity index (χ1v) is 6.34. The quantitative estimate of drug-likeness (QED) is 0.847. The molecule has 1 fully saturated rings. The molecular weight excluding hydrogens is 268 g/mol. The molecule has 19 heavy (non-hydrogen) atoms. The zero-order valence-electron chi connectivity index (χ0n) is 10.6. The van der Waals surface area contributed by atoms with Crippen LogP contribution in [0.2, 0.25) is 5.02 Å². The highest BCUT2D eigenvalue weighted by Gasteiger charge is 2.31. The van der Waals surface area contributed by atoms with E-state index < -0.39 is 0 Å². The Bertz CT molecular complexity index is 475. The van der Waals surface area contributed by atoms with Crippen molar-refractivity contribution >= 4 is 23.5 Å². The Labute approximate surface area is 116 Å². The van der Waals surface area contributed by atoms with Gasteiger partial charge in [0.1, 0.15) is 6.17 Å². The van der Waals surface area contributed by atoms with Gasteiger partial charge in [-0.3, -0.25) is 14.9 Å².